The Morgan fingerprint density at radius 1 is 0.150 bits per heavy atom. The molecule has 0 N–H and O–H groups in total. The summed E-state index contributed by atoms with van der Waals surface area (Å²) in [4.78, 5) is 60.8. The molecule has 127 heavy (non-hydrogen) atoms. The number of imidazole rings is 3. The van der Waals surface area contributed by atoms with Crippen molar-refractivity contribution >= 4 is 126 Å². The summed E-state index contributed by atoms with van der Waals surface area (Å²) in [7, 11) is 0. The van der Waals surface area contributed by atoms with E-state index in [1.165, 1.54) is 16.3 Å². The van der Waals surface area contributed by atoms with Gasteiger partial charge in [-0.15, -0.1) is 0 Å². The van der Waals surface area contributed by atoms with Crippen LogP contribution in [0.1, 0.15) is 0 Å². The van der Waals surface area contributed by atoms with E-state index in [4.69, 9.17) is 59.8 Å². The number of nitrogens with zero attached hydrogens (tertiary/aromatic N) is 15. The van der Waals surface area contributed by atoms with Crippen molar-refractivity contribution in [1.82, 2.24) is 73.0 Å². The van der Waals surface area contributed by atoms with E-state index in [1.54, 1.807) is 0 Å². The van der Waals surface area contributed by atoms with Crippen molar-refractivity contribution < 1.29 is 0 Å². The summed E-state index contributed by atoms with van der Waals surface area (Å²) in [6, 6.07) is 137. The van der Waals surface area contributed by atoms with Crippen LogP contribution in [0.5, 0.6) is 0 Å². The smallest absolute Gasteiger partial charge is 0.165 e. The maximum atomic E-state index is 5.21. The van der Waals surface area contributed by atoms with E-state index in [9.17, 15) is 0 Å². The second kappa shape index (κ2) is 30.8. The molecule has 14 aromatic carbocycles. The Morgan fingerprint density at radius 2 is 0.425 bits per heavy atom. The second-order valence-electron chi connectivity index (χ2n) is 31.5. The third-order valence-electron chi connectivity index (χ3n) is 23.8. The van der Waals surface area contributed by atoms with E-state index < -0.39 is 0 Å². The monoisotopic (exact) mass is 1620 g/mol. The minimum Gasteiger partial charge on any atom is -0.284 e. The van der Waals surface area contributed by atoms with Crippen molar-refractivity contribution in [3.05, 3.63) is 419 Å². The van der Waals surface area contributed by atoms with Crippen LogP contribution in [0.4, 0.5) is 0 Å². The first-order chi connectivity index (χ1) is 62.9. The van der Waals surface area contributed by atoms with E-state index in [1.807, 2.05) is 144 Å². The predicted molar refractivity (Wildman–Crippen MR) is 515 cm³/mol. The number of hydrogen-bond acceptors (Lipinski definition) is 12. The van der Waals surface area contributed by atoms with E-state index in [2.05, 4.69) is 288 Å². The molecule has 12 heterocycles. The van der Waals surface area contributed by atoms with Gasteiger partial charge < -0.3 is 0 Å². The minimum atomic E-state index is 0.677. The third-order valence-corrected chi connectivity index (χ3v) is 23.8. The summed E-state index contributed by atoms with van der Waals surface area (Å²) in [6.07, 6.45) is 6.05. The number of pyridine rings is 6. The molecule has 0 amide bonds. The summed E-state index contributed by atoms with van der Waals surface area (Å²) in [6.45, 7) is 0. The Morgan fingerprint density at radius 3 is 0.819 bits per heavy atom. The summed E-state index contributed by atoms with van der Waals surface area (Å²) in [5.41, 5.74) is 27.5. The molecule has 26 rings (SSSR count). The maximum Gasteiger partial charge on any atom is 0.165 e. The molecular weight excluding hydrogens is 1560 g/mol. The van der Waals surface area contributed by atoms with Crippen LogP contribution in [-0.2, 0) is 0 Å². The van der Waals surface area contributed by atoms with E-state index in [0.717, 1.165) is 205 Å². The van der Waals surface area contributed by atoms with Crippen LogP contribution < -0.4 is 0 Å². The normalized spacial score (nSPS) is 11.6. The molecule has 0 fully saturated rings. The van der Waals surface area contributed by atoms with Crippen molar-refractivity contribution in [2.45, 2.75) is 0 Å². The number of benzene rings is 14. The van der Waals surface area contributed by atoms with Crippen LogP contribution in [0, 0.1) is 0 Å². The fraction of sp³-hybridized carbons (Fsp3) is 0. The molecule has 0 radical (unpaired) electrons. The van der Waals surface area contributed by atoms with Crippen LogP contribution in [-0.4, -0.2) is 73.0 Å². The van der Waals surface area contributed by atoms with Crippen molar-refractivity contribution in [3.8, 4) is 113 Å². The fourth-order valence-electron chi connectivity index (χ4n) is 17.8. The lowest BCUT2D eigenvalue weighted by Crippen LogP contribution is -1.96. The lowest BCUT2D eigenvalue weighted by Gasteiger charge is -2.12. The van der Waals surface area contributed by atoms with Gasteiger partial charge in [-0.1, -0.05) is 315 Å². The average molecular weight is 1620 g/mol. The zero-order valence-corrected chi connectivity index (χ0v) is 68.0. The van der Waals surface area contributed by atoms with Gasteiger partial charge in [0.1, 0.15) is 33.5 Å². The molecule has 15 nitrogen and oxygen atoms in total. The molecule has 12 aromatic heterocycles. The molecule has 15 heteroatoms. The first kappa shape index (κ1) is 73.4. The lowest BCUT2D eigenvalue weighted by molar-refractivity contribution is 1.19. The van der Waals surface area contributed by atoms with E-state index >= 15 is 0 Å². The zero-order chi connectivity index (χ0) is 83.8. The molecule has 0 aliphatic carbocycles. The molecule has 26 aromatic rings. The highest BCUT2D eigenvalue weighted by atomic mass is 15.1. The molecule has 0 atom stereocenters. The van der Waals surface area contributed by atoms with Gasteiger partial charge in [0.15, 0.2) is 34.4 Å². The number of rotatable bonds is 10. The van der Waals surface area contributed by atoms with Gasteiger partial charge in [0.25, 0.3) is 0 Å². The Hall–Kier alpha value is -17.6. The SMILES string of the molecule is c1cc(-c2nc(-c3ccc4ccccc4c3)c3ccccc3n2)cc(-c2nc3c(nc4ccccn43)c3ccccc23)c1.c1ccc(-c2cccc(-c3nc(-c4cccc(-c5nc6c(nc7ccccn76)c6ccccc56)c4)nc4ccccc34)c2)cc1.c1ccc(-c2nc(-c3cccc(-c4nc5c(nc6ccccn65)c5ccccc45)c3)nc3ccccc23)cc1. The highest BCUT2D eigenvalue weighted by Gasteiger charge is 2.23. The summed E-state index contributed by atoms with van der Waals surface area (Å²) < 4.78 is 6.16. The molecule has 0 aliphatic heterocycles. The Balaban J connectivity index is 0.000000107. The van der Waals surface area contributed by atoms with Crippen LogP contribution in [0.2, 0.25) is 0 Å². The molecular formula is C112H69N15. The van der Waals surface area contributed by atoms with Crippen molar-refractivity contribution in [2.75, 3.05) is 0 Å². The van der Waals surface area contributed by atoms with Gasteiger partial charge in [-0.3, -0.25) is 13.2 Å². The number of hydrogen-bond donors (Lipinski definition) is 0. The first-order valence-corrected chi connectivity index (χ1v) is 42.2. The molecule has 0 spiro atoms. The lowest BCUT2D eigenvalue weighted by atomic mass is 9.99. The van der Waals surface area contributed by atoms with Gasteiger partial charge in [0.05, 0.1) is 50.7 Å². The summed E-state index contributed by atoms with van der Waals surface area (Å²) >= 11 is 0. The summed E-state index contributed by atoms with van der Waals surface area (Å²) in [5, 5.41) is 11.9. The van der Waals surface area contributed by atoms with E-state index in [-0.39, 0.29) is 0 Å². The van der Waals surface area contributed by atoms with E-state index in [0.29, 0.717) is 17.5 Å². The Kier molecular flexibility index (Phi) is 17.8. The zero-order valence-electron chi connectivity index (χ0n) is 68.0. The standard InChI is InChI=1S/C40H25N5.C38H23N5.C34H21N5/c1-2-12-26(13-3-1)27-14-10-15-28(24-27)37-33-20-6-7-21-34(33)41-39(43-37)30-17-11-16-29(25-30)36-31-18-4-5-19-32(31)38-40(44-36)45-23-9-8-22-35(45)42-38;1-2-11-25-22-27(20-19-24(25)10-1)35-31-16-5-6-17-32(31)39-37(41-35)28-13-9-12-26(23-28)34-29-14-3-4-15-30(29)36-38(42-34)43-21-8-7-18-33(43)40-36;1-2-11-22(12-3-1)30-27-17-6-7-18-28(27)35-33(37-30)24-14-10-13-23(21-24)31-25-15-4-5-16-26(25)32-34(38-31)39-20-9-8-19-29(39)36-32/h1-25H;1-23H;1-21H. The third kappa shape index (κ3) is 13.2. The van der Waals surface area contributed by atoms with Gasteiger partial charge in [-0.2, -0.15) is 0 Å². The van der Waals surface area contributed by atoms with Gasteiger partial charge >= 0.3 is 0 Å². The Labute approximate surface area is 726 Å². The van der Waals surface area contributed by atoms with Gasteiger partial charge in [-0.05, 0) is 107 Å². The molecule has 0 bridgehead atoms. The topological polar surface area (TPSA) is 168 Å². The largest absolute Gasteiger partial charge is 0.284 e. The van der Waals surface area contributed by atoms with Gasteiger partial charge in [0, 0.05) is 117 Å². The molecule has 0 saturated carbocycles. The first-order valence-electron chi connectivity index (χ1n) is 42.2. The minimum absolute atomic E-state index is 0.677. The molecule has 0 aliphatic rings. The van der Waals surface area contributed by atoms with Crippen molar-refractivity contribution in [3.63, 3.8) is 0 Å². The molecule has 0 saturated heterocycles. The quantitative estimate of drug-likeness (QED) is 0.127. The number of aromatic nitrogens is 15. The molecule has 0 unspecified atom stereocenters. The number of fused-ring (bicyclic) bond motifs is 19. The maximum absolute atomic E-state index is 5.21. The Bertz CT molecular complexity index is 8890. The highest BCUT2D eigenvalue weighted by Crippen LogP contribution is 2.42. The fourth-order valence-corrected chi connectivity index (χ4v) is 17.8. The second-order valence-corrected chi connectivity index (χ2v) is 31.5. The van der Waals surface area contributed by atoms with Crippen LogP contribution in [0.15, 0.2) is 419 Å². The van der Waals surface area contributed by atoms with Crippen LogP contribution in [0.25, 0.3) is 239 Å². The van der Waals surface area contributed by atoms with Gasteiger partial charge in [-0.25, -0.2) is 59.8 Å². The van der Waals surface area contributed by atoms with Crippen molar-refractivity contribution in [1.29, 1.82) is 0 Å². The summed E-state index contributed by atoms with van der Waals surface area (Å²) in [5.74, 6) is 2.05. The van der Waals surface area contributed by atoms with Crippen LogP contribution >= 0.6 is 0 Å². The molecule has 592 valence electrons. The van der Waals surface area contributed by atoms with Crippen molar-refractivity contribution in [2.24, 2.45) is 0 Å². The highest BCUT2D eigenvalue weighted by molar-refractivity contribution is 6.13. The van der Waals surface area contributed by atoms with Crippen LogP contribution in [0.3, 0.4) is 0 Å². The predicted octanol–water partition coefficient (Wildman–Crippen LogP) is 26.8. The van der Waals surface area contributed by atoms with Gasteiger partial charge in [0.2, 0.25) is 0 Å². The number of para-hydroxylation sites is 3. The average Bonchev–Trinajstić information content (AvgIpc) is 1.63.